The Morgan fingerprint density at radius 3 is 2.55 bits per heavy atom. The predicted molar refractivity (Wildman–Crippen MR) is 86.4 cm³/mol. The lowest BCUT2D eigenvalue weighted by Crippen LogP contribution is -2.34. The highest BCUT2D eigenvalue weighted by Gasteiger charge is 2.11. The number of rotatable bonds is 5. The van der Waals surface area contributed by atoms with Crippen molar-refractivity contribution in [3.8, 4) is 0 Å². The Morgan fingerprint density at radius 2 is 1.86 bits per heavy atom. The second kappa shape index (κ2) is 7.36. The molecule has 2 aromatic carbocycles. The number of hydrogen-bond acceptors (Lipinski definition) is 3. The zero-order valence-electron chi connectivity index (χ0n) is 12.5. The summed E-state index contributed by atoms with van der Waals surface area (Å²) in [6.45, 7) is 3.73. The summed E-state index contributed by atoms with van der Waals surface area (Å²) >= 11 is 0. The van der Waals surface area contributed by atoms with Crippen LogP contribution in [0.25, 0.3) is 0 Å². The number of aryl methyl sites for hydroxylation is 1. The van der Waals surface area contributed by atoms with Crippen LogP contribution in [0.2, 0.25) is 0 Å². The molecule has 2 aromatic rings. The predicted octanol–water partition coefficient (Wildman–Crippen LogP) is 3.08. The Balaban J connectivity index is 1.89. The molecule has 1 atom stereocenters. The van der Waals surface area contributed by atoms with Crippen LogP contribution in [0, 0.1) is 12.7 Å². The summed E-state index contributed by atoms with van der Waals surface area (Å²) in [7, 11) is 0. The molecule has 114 valence electrons. The number of halogens is 1. The van der Waals surface area contributed by atoms with Gasteiger partial charge in [-0.1, -0.05) is 35.9 Å². The molecule has 0 saturated heterocycles. The van der Waals surface area contributed by atoms with Gasteiger partial charge in [-0.25, -0.2) is 9.82 Å². The van der Waals surface area contributed by atoms with Crippen LogP contribution in [0.4, 0.5) is 10.1 Å². The van der Waals surface area contributed by atoms with Crippen molar-refractivity contribution >= 4 is 17.8 Å². The molecule has 1 amide bonds. The molecule has 0 aliphatic carbocycles. The maximum absolute atomic E-state index is 13.4. The SMILES string of the molecule is Cc1ccc(NC(C)C(=O)N/N=C/c2ccccc2F)cc1. The number of hydrogen-bond donors (Lipinski definition) is 2. The fourth-order valence-electron chi connectivity index (χ4n) is 1.81. The largest absolute Gasteiger partial charge is 0.374 e. The first-order chi connectivity index (χ1) is 10.6. The number of amides is 1. The highest BCUT2D eigenvalue weighted by molar-refractivity contribution is 5.86. The lowest BCUT2D eigenvalue weighted by Gasteiger charge is -2.13. The molecule has 0 aromatic heterocycles. The van der Waals surface area contributed by atoms with Crippen LogP contribution in [0.1, 0.15) is 18.1 Å². The van der Waals surface area contributed by atoms with E-state index in [0.717, 1.165) is 11.3 Å². The number of hydrazone groups is 1. The van der Waals surface area contributed by atoms with Crippen LogP contribution in [-0.2, 0) is 4.79 Å². The Hall–Kier alpha value is -2.69. The molecule has 2 rings (SSSR count). The van der Waals surface area contributed by atoms with Gasteiger partial charge in [0.05, 0.1) is 6.21 Å². The van der Waals surface area contributed by atoms with Crippen LogP contribution >= 0.6 is 0 Å². The van der Waals surface area contributed by atoms with E-state index in [1.807, 2.05) is 31.2 Å². The third-order valence-electron chi connectivity index (χ3n) is 3.11. The van der Waals surface area contributed by atoms with Gasteiger partial charge in [-0.05, 0) is 32.0 Å². The van der Waals surface area contributed by atoms with Crippen molar-refractivity contribution < 1.29 is 9.18 Å². The van der Waals surface area contributed by atoms with Gasteiger partial charge in [-0.2, -0.15) is 5.10 Å². The van der Waals surface area contributed by atoms with E-state index in [4.69, 9.17) is 0 Å². The zero-order chi connectivity index (χ0) is 15.9. The van der Waals surface area contributed by atoms with Gasteiger partial charge < -0.3 is 5.32 Å². The molecule has 2 N–H and O–H groups in total. The summed E-state index contributed by atoms with van der Waals surface area (Å²) in [4.78, 5) is 11.9. The Kier molecular flexibility index (Phi) is 5.25. The molecule has 0 saturated carbocycles. The Labute approximate surface area is 129 Å². The second-order valence-electron chi connectivity index (χ2n) is 4.99. The van der Waals surface area contributed by atoms with Crippen LogP contribution in [0.15, 0.2) is 53.6 Å². The van der Waals surface area contributed by atoms with Crippen molar-refractivity contribution in [2.45, 2.75) is 19.9 Å². The fraction of sp³-hybridized carbons (Fsp3) is 0.176. The second-order valence-corrected chi connectivity index (χ2v) is 4.99. The van der Waals surface area contributed by atoms with E-state index in [2.05, 4.69) is 15.8 Å². The van der Waals surface area contributed by atoms with Crippen molar-refractivity contribution in [3.05, 3.63) is 65.5 Å². The maximum Gasteiger partial charge on any atom is 0.262 e. The summed E-state index contributed by atoms with van der Waals surface area (Å²) in [5.74, 6) is -0.681. The minimum absolute atomic E-state index is 0.298. The summed E-state index contributed by atoms with van der Waals surface area (Å²) in [5.41, 5.74) is 4.72. The lowest BCUT2D eigenvalue weighted by molar-refractivity contribution is -0.121. The molecule has 4 nitrogen and oxygen atoms in total. The highest BCUT2D eigenvalue weighted by Crippen LogP contribution is 2.10. The first-order valence-corrected chi connectivity index (χ1v) is 6.97. The van der Waals surface area contributed by atoms with Crippen molar-refractivity contribution in [3.63, 3.8) is 0 Å². The van der Waals surface area contributed by atoms with Crippen LogP contribution in [-0.4, -0.2) is 18.2 Å². The molecule has 0 heterocycles. The summed E-state index contributed by atoms with van der Waals surface area (Å²) in [6, 6.07) is 13.5. The average Bonchev–Trinajstić information content (AvgIpc) is 2.51. The molecule has 0 aliphatic heterocycles. The quantitative estimate of drug-likeness (QED) is 0.658. The summed E-state index contributed by atoms with van der Waals surface area (Å²) in [6.07, 6.45) is 1.28. The Bertz CT molecular complexity index is 668. The maximum atomic E-state index is 13.4. The first-order valence-electron chi connectivity index (χ1n) is 6.97. The van der Waals surface area contributed by atoms with E-state index in [-0.39, 0.29) is 11.7 Å². The molecule has 0 spiro atoms. The van der Waals surface area contributed by atoms with Gasteiger partial charge >= 0.3 is 0 Å². The van der Waals surface area contributed by atoms with Crippen molar-refractivity contribution in [2.75, 3.05) is 5.32 Å². The first kappa shape index (κ1) is 15.7. The number of anilines is 1. The third kappa shape index (κ3) is 4.41. The topological polar surface area (TPSA) is 53.5 Å². The molecule has 0 bridgehead atoms. The van der Waals surface area contributed by atoms with Crippen LogP contribution in [0.5, 0.6) is 0 Å². The number of nitrogens with one attached hydrogen (secondary N) is 2. The van der Waals surface area contributed by atoms with Gasteiger partial charge in [0.1, 0.15) is 11.9 Å². The van der Waals surface area contributed by atoms with Crippen molar-refractivity contribution in [1.82, 2.24) is 5.43 Å². The zero-order valence-corrected chi connectivity index (χ0v) is 12.5. The summed E-state index contributed by atoms with van der Waals surface area (Å²) < 4.78 is 13.4. The smallest absolute Gasteiger partial charge is 0.262 e. The van der Waals surface area contributed by atoms with Gasteiger partial charge in [0, 0.05) is 11.3 Å². The van der Waals surface area contributed by atoms with E-state index in [1.54, 1.807) is 25.1 Å². The lowest BCUT2D eigenvalue weighted by atomic mass is 10.2. The number of benzene rings is 2. The molecule has 5 heteroatoms. The van der Waals surface area contributed by atoms with E-state index in [9.17, 15) is 9.18 Å². The molecule has 0 fully saturated rings. The standard InChI is InChI=1S/C17H18FN3O/c1-12-7-9-15(10-8-12)20-13(2)17(22)21-19-11-14-5-3-4-6-16(14)18/h3-11,13,20H,1-2H3,(H,21,22)/b19-11+. The van der Waals surface area contributed by atoms with E-state index >= 15 is 0 Å². The number of nitrogens with zero attached hydrogens (tertiary/aromatic N) is 1. The molecule has 0 radical (unpaired) electrons. The summed E-state index contributed by atoms with van der Waals surface area (Å²) in [5, 5.41) is 6.84. The molecular formula is C17H18FN3O. The van der Waals surface area contributed by atoms with Gasteiger partial charge in [0.2, 0.25) is 0 Å². The Morgan fingerprint density at radius 1 is 1.18 bits per heavy atom. The van der Waals surface area contributed by atoms with Crippen LogP contribution in [0.3, 0.4) is 0 Å². The molecular weight excluding hydrogens is 281 g/mol. The van der Waals surface area contributed by atoms with E-state index in [1.165, 1.54) is 12.3 Å². The molecule has 0 aliphatic rings. The third-order valence-corrected chi connectivity index (χ3v) is 3.11. The van der Waals surface area contributed by atoms with Crippen molar-refractivity contribution in [2.24, 2.45) is 5.10 Å². The minimum Gasteiger partial charge on any atom is -0.374 e. The van der Waals surface area contributed by atoms with Gasteiger partial charge in [0.25, 0.3) is 5.91 Å². The van der Waals surface area contributed by atoms with Gasteiger partial charge in [-0.15, -0.1) is 0 Å². The monoisotopic (exact) mass is 299 g/mol. The average molecular weight is 299 g/mol. The molecule has 22 heavy (non-hydrogen) atoms. The number of carbonyl (C=O) groups excluding carboxylic acids is 1. The van der Waals surface area contributed by atoms with Gasteiger partial charge in [0.15, 0.2) is 0 Å². The normalized spacial score (nSPS) is 12.1. The van der Waals surface area contributed by atoms with Crippen LogP contribution < -0.4 is 10.7 Å². The minimum atomic E-state index is -0.458. The van der Waals surface area contributed by atoms with E-state index in [0.29, 0.717) is 5.56 Å². The van der Waals surface area contributed by atoms with E-state index < -0.39 is 6.04 Å². The van der Waals surface area contributed by atoms with Gasteiger partial charge in [-0.3, -0.25) is 4.79 Å². The van der Waals surface area contributed by atoms with Crippen molar-refractivity contribution in [1.29, 1.82) is 0 Å². The molecule has 1 unspecified atom stereocenters. The fourth-order valence-corrected chi connectivity index (χ4v) is 1.81. The highest BCUT2D eigenvalue weighted by atomic mass is 19.1. The number of carbonyl (C=O) groups is 1.